The summed E-state index contributed by atoms with van der Waals surface area (Å²) < 4.78 is 10.7. The van der Waals surface area contributed by atoms with E-state index in [1.165, 1.54) is 0 Å². The Hall–Kier alpha value is -3.98. The molecule has 5 rings (SSSR count). The van der Waals surface area contributed by atoms with Crippen molar-refractivity contribution in [2.75, 3.05) is 43.6 Å². The summed E-state index contributed by atoms with van der Waals surface area (Å²) in [5, 5.41) is 3.29. The first-order valence-electron chi connectivity index (χ1n) is 11.2. The van der Waals surface area contributed by atoms with Gasteiger partial charge in [-0.2, -0.15) is 9.97 Å². The molecule has 0 spiro atoms. The van der Waals surface area contributed by atoms with Gasteiger partial charge in [-0.3, -0.25) is 4.79 Å². The Labute approximate surface area is 197 Å². The standard InChI is InChI=1S/C25H26N6O3/c1-16-4-3-5-18(14-16)21(32)23-27-20-22(28-23)29-25(30-24(20)31-10-12-34-13-11-31)26-15-17-6-8-19(33-2)9-7-17/h3-9,14H,10-13,15H2,1-2H3,(H2,26,27,28,29,30). The fraction of sp³-hybridized carbons (Fsp3) is 0.280. The van der Waals surface area contributed by atoms with Gasteiger partial charge in [0, 0.05) is 25.2 Å². The van der Waals surface area contributed by atoms with Crippen molar-refractivity contribution in [1.82, 2.24) is 19.9 Å². The fourth-order valence-corrected chi connectivity index (χ4v) is 3.92. The summed E-state index contributed by atoms with van der Waals surface area (Å²) in [6, 6.07) is 15.3. The van der Waals surface area contributed by atoms with E-state index in [2.05, 4.69) is 25.2 Å². The number of hydrogen-bond acceptors (Lipinski definition) is 8. The smallest absolute Gasteiger partial charge is 0.228 e. The lowest BCUT2D eigenvalue weighted by Crippen LogP contribution is -2.37. The molecule has 0 unspecified atom stereocenters. The second kappa shape index (κ2) is 9.48. The van der Waals surface area contributed by atoms with E-state index in [1.54, 1.807) is 13.2 Å². The van der Waals surface area contributed by atoms with Gasteiger partial charge in [-0.15, -0.1) is 0 Å². The molecule has 0 atom stereocenters. The van der Waals surface area contributed by atoms with Crippen LogP contribution in [0.4, 0.5) is 11.8 Å². The number of carbonyl (C=O) groups is 1. The Morgan fingerprint density at radius 1 is 1.12 bits per heavy atom. The number of hydrogen-bond donors (Lipinski definition) is 2. The highest BCUT2D eigenvalue weighted by Gasteiger charge is 2.22. The van der Waals surface area contributed by atoms with Crippen LogP contribution in [0.15, 0.2) is 48.5 Å². The van der Waals surface area contributed by atoms with Crippen molar-refractivity contribution in [3.8, 4) is 5.75 Å². The number of nitrogens with one attached hydrogen (secondary N) is 2. The number of fused-ring (bicyclic) bond motifs is 1. The third-order valence-electron chi connectivity index (χ3n) is 5.75. The third kappa shape index (κ3) is 4.55. The number of ketones is 1. The minimum Gasteiger partial charge on any atom is -0.497 e. The lowest BCUT2D eigenvalue weighted by Gasteiger charge is -2.28. The lowest BCUT2D eigenvalue weighted by molar-refractivity contribution is 0.103. The van der Waals surface area contributed by atoms with Gasteiger partial charge in [-0.05, 0) is 30.7 Å². The summed E-state index contributed by atoms with van der Waals surface area (Å²) in [5.41, 5.74) is 3.76. The molecular formula is C25H26N6O3. The Morgan fingerprint density at radius 3 is 2.65 bits per heavy atom. The van der Waals surface area contributed by atoms with E-state index in [4.69, 9.17) is 14.5 Å². The van der Waals surface area contributed by atoms with Crippen LogP contribution in [0.3, 0.4) is 0 Å². The van der Waals surface area contributed by atoms with Gasteiger partial charge in [0.25, 0.3) is 0 Å². The first-order chi connectivity index (χ1) is 16.6. The maximum Gasteiger partial charge on any atom is 0.228 e. The number of H-pyrrole nitrogens is 1. The van der Waals surface area contributed by atoms with Crippen molar-refractivity contribution in [1.29, 1.82) is 0 Å². The molecule has 4 aromatic rings. The lowest BCUT2D eigenvalue weighted by atomic mass is 10.1. The summed E-state index contributed by atoms with van der Waals surface area (Å²) >= 11 is 0. The zero-order valence-electron chi connectivity index (χ0n) is 19.2. The monoisotopic (exact) mass is 458 g/mol. The van der Waals surface area contributed by atoms with E-state index in [0.29, 0.717) is 61.3 Å². The van der Waals surface area contributed by atoms with Crippen LogP contribution in [0.1, 0.15) is 27.3 Å². The normalized spacial score (nSPS) is 13.8. The SMILES string of the molecule is COc1ccc(CNc2nc(N3CCOCC3)c3[nH]c(C(=O)c4cccc(C)c4)nc3n2)cc1. The summed E-state index contributed by atoms with van der Waals surface area (Å²) in [7, 11) is 1.64. The van der Waals surface area contributed by atoms with E-state index < -0.39 is 0 Å². The van der Waals surface area contributed by atoms with E-state index in [1.807, 2.05) is 49.4 Å². The van der Waals surface area contributed by atoms with Crippen molar-refractivity contribution in [3.05, 3.63) is 71.0 Å². The number of benzene rings is 2. The average Bonchev–Trinajstić information content (AvgIpc) is 3.31. The highest BCUT2D eigenvalue weighted by Crippen LogP contribution is 2.26. The highest BCUT2D eigenvalue weighted by molar-refractivity contribution is 6.08. The molecule has 0 aliphatic carbocycles. The van der Waals surface area contributed by atoms with E-state index in [9.17, 15) is 4.79 Å². The quantitative estimate of drug-likeness (QED) is 0.406. The first-order valence-corrected chi connectivity index (χ1v) is 11.2. The van der Waals surface area contributed by atoms with Crippen LogP contribution < -0.4 is 15.0 Å². The molecule has 1 saturated heterocycles. The minimum atomic E-state index is -0.178. The van der Waals surface area contributed by atoms with Gasteiger partial charge in [0.2, 0.25) is 11.7 Å². The first kappa shape index (κ1) is 21.8. The van der Waals surface area contributed by atoms with Crippen molar-refractivity contribution in [2.45, 2.75) is 13.5 Å². The van der Waals surface area contributed by atoms with Gasteiger partial charge < -0.3 is 24.7 Å². The number of morpholine rings is 1. The molecule has 0 radical (unpaired) electrons. The van der Waals surface area contributed by atoms with Crippen molar-refractivity contribution >= 4 is 28.7 Å². The number of nitrogens with zero attached hydrogens (tertiary/aromatic N) is 4. The number of ether oxygens (including phenoxy) is 2. The minimum absolute atomic E-state index is 0.178. The predicted octanol–water partition coefficient (Wildman–Crippen LogP) is 3.35. The number of aromatic amines is 1. The molecule has 1 aliphatic heterocycles. The molecule has 2 aromatic carbocycles. The number of carbonyl (C=O) groups excluding carboxylic acids is 1. The van der Waals surface area contributed by atoms with Crippen molar-refractivity contribution in [2.24, 2.45) is 0 Å². The van der Waals surface area contributed by atoms with Gasteiger partial charge >= 0.3 is 0 Å². The molecule has 0 bridgehead atoms. The molecule has 0 amide bonds. The Kier molecular flexibility index (Phi) is 6.09. The molecule has 34 heavy (non-hydrogen) atoms. The van der Waals surface area contributed by atoms with Crippen LogP contribution in [-0.2, 0) is 11.3 Å². The zero-order chi connectivity index (χ0) is 23.5. The van der Waals surface area contributed by atoms with Gasteiger partial charge in [-0.1, -0.05) is 35.9 Å². The Bertz CT molecular complexity index is 1310. The number of rotatable bonds is 7. The summed E-state index contributed by atoms with van der Waals surface area (Å²) in [6.45, 7) is 5.12. The molecule has 174 valence electrons. The summed E-state index contributed by atoms with van der Waals surface area (Å²) in [6.07, 6.45) is 0. The Balaban J connectivity index is 1.48. The van der Waals surface area contributed by atoms with Gasteiger partial charge in [0.05, 0.1) is 20.3 Å². The number of aromatic nitrogens is 4. The second-order valence-electron chi connectivity index (χ2n) is 8.15. The second-order valence-corrected chi connectivity index (χ2v) is 8.15. The molecule has 1 aliphatic rings. The fourth-order valence-electron chi connectivity index (χ4n) is 3.92. The van der Waals surface area contributed by atoms with Crippen LogP contribution in [0.5, 0.6) is 5.75 Å². The van der Waals surface area contributed by atoms with Crippen molar-refractivity contribution < 1.29 is 14.3 Å². The van der Waals surface area contributed by atoms with Crippen LogP contribution in [0.2, 0.25) is 0 Å². The van der Waals surface area contributed by atoms with Crippen LogP contribution in [-0.4, -0.2) is 59.1 Å². The average molecular weight is 459 g/mol. The van der Waals surface area contributed by atoms with Gasteiger partial charge in [0.15, 0.2) is 17.3 Å². The summed E-state index contributed by atoms with van der Waals surface area (Å²) in [4.78, 5) is 32.3. The molecule has 0 saturated carbocycles. The Morgan fingerprint density at radius 2 is 1.91 bits per heavy atom. The summed E-state index contributed by atoms with van der Waals surface area (Å²) in [5.74, 6) is 2.03. The molecule has 2 aromatic heterocycles. The number of imidazole rings is 1. The third-order valence-corrected chi connectivity index (χ3v) is 5.75. The molecule has 3 heterocycles. The van der Waals surface area contributed by atoms with E-state index in [-0.39, 0.29) is 11.6 Å². The van der Waals surface area contributed by atoms with Crippen molar-refractivity contribution in [3.63, 3.8) is 0 Å². The molecular weight excluding hydrogens is 432 g/mol. The highest BCUT2D eigenvalue weighted by atomic mass is 16.5. The maximum absolute atomic E-state index is 13.1. The van der Waals surface area contributed by atoms with Crippen LogP contribution >= 0.6 is 0 Å². The van der Waals surface area contributed by atoms with Gasteiger partial charge in [0.1, 0.15) is 11.3 Å². The number of methoxy groups -OCH3 is 1. The molecule has 9 nitrogen and oxygen atoms in total. The zero-order valence-corrected chi connectivity index (χ0v) is 19.2. The number of aryl methyl sites for hydroxylation is 1. The van der Waals surface area contributed by atoms with E-state index >= 15 is 0 Å². The molecule has 9 heteroatoms. The van der Waals surface area contributed by atoms with Crippen LogP contribution in [0.25, 0.3) is 11.2 Å². The van der Waals surface area contributed by atoms with Crippen LogP contribution in [0, 0.1) is 6.92 Å². The van der Waals surface area contributed by atoms with Gasteiger partial charge in [-0.25, -0.2) is 4.98 Å². The predicted molar refractivity (Wildman–Crippen MR) is 130 cm³/mol. The van der Waals surface area contributed by atoms with E-state index in [0.717, 1.165) is 16.9 Å². The number of anilines is 2. The topological polar surface area (TPSA) is 105 Å². The molecule has 2 N–H and O–H groups in total. The molecule has 1 fully saturated rings. The largest absolute Gasteiger partial charge is 0.497 e. The maximum atomic E-state index is 13.1.